The van der Waals surface area contributed by atoms with Gasteiger partial charge in [0.25, 0.3) is 5.91 Å². The molecule has 2 rings (SSSR count). The Morgan fingerprint density at radius 2 is 2.15 bits per heavy atom. The lowest BCUT2D eigenvalue weighted by Gasteiger charge is -2.36. The number of nitro groups is 1. The molecule has 0 aromatic heterocycles. The van der Waals surface area contributed by atoms with E-state index in [4.69, 9.17) is 0 Å². The zero-order valence-electron chi connectivity index (χ0n) is 11.6. The number of amides is 1. The van der Waals surface area contributed by atoms with Crippen LogP contribution in [0.15, 0.2) is 18.2 Å². The summed E-state index contributed by atoms with van der Waals surface area (Å²) in [6.45, 7) is 4.72. The molecule has 0 saturated carbocycles. The van der Waals surface area contributed by atoms with E-state index in [2.05, 4.69) is 6.92 Å². The highest BCUT2D eigenvalue weighted by atomic mass is 16.6. The van der Waals surface area contributed by atoms with Crippen molar-refractivity contribution in [2.45, 2.75) is 32.7 Å². The number of phenols is 1. The molecule has 1 aliphatic rings. The van der Waals surface area contributed by atoms with E-state index in [1.807, 2.05) is 6.92 Å². The highest BCUT2D eigenvalue weighted by molar-refractivity contribution is 5.98. The summed E-state index contributed by atoms with van der Waals surface area (Å²) >= 11 is 0. The topological polar surface area (TPSA) is 83.7 Å². The Morgan fingerprint density at radius 1 is 1.45 bits per heavy atom. The van der Waals surface area contributed by atoms with Crippen molar-refractivity contribution in [1.82, 2.24) is 4.90 Å². The van der Waals surface area contributed by atoms with Crippen LogP contribution in [0.2, 0.25) is 0 Å². The van der Waals surface area contributed by atoms with Gasteiger partial charge in [-0.3, -0.25) is 14.9 Å². The fourth-order valence-electron chi connectivity index (χ4n) is 2.71. The van der Waals surface area contributed by atoms with Crippen LogP contribution in [0.25, 0.3) is 0 Å². The van der Waals surface area contributed by atoms with Crippen molar-refractivity contribution in [3.05, 3.63) is 33.9 Å². The zero-order valence-corrected chi connectivity index (χ0v) is 11.6. The predicted molar refractivity (Wildman–Crippen MR) is 73.7 cm³/mol. The maximum Gasteiger partial charge on any atom is 0.311 e. The average Bonchev–Trinajstić information content (AvgIpc) is 2.38. The van der Waals surface area contributed by atoms with Gasteiger partial charge in [0.2, 0.25) is 5.75 Å². The van der Waals surface area contributed by atoms with Gasteiger partial charge in [0.15, 0.2) is 0 Å². The first kappa shape index (κ1) is 14.3. The summed E-state index contributed by atoms with van der Waals surface area (Å²) in [7, 11) is 0. The number of carbonyl (C=O) groups excluding carboxylic acids is 1. The smallest absolute Gasteiger partial charge is 0.311 e. The number of benzene rings is 1. The SMILES string of the molecule is CC1CCN(C(=O)c2cccc([N+](=O)[O-])c2O)C(C)C1. The third kappa shape index (κ3) is 2.59. The van der Waals surface area contributed by atoms with Crippen LogP contribution in [0.3, 0.4) is 0 Å². The summed E-state index contributed by atoms with van der Waals surface area (Å²) in [5, 5.41) is 20.7. The number of hydrogen-bond acceptors (Lipinski definition) is 4. The molecule has 2 unspecified atom stereocenters. The fourth-order valence-corrected chi connectivity index (χ4v) is 2.71. The Bertz CT molecular complexity index is 544. The zero-order chi connectivity index (χ0) is 14.9. The highest BCUT2D eigenvalue weighted by Crippen LogP contribution is 2.32. The van der Waals surface area contributed by atoms with Crippen LogP contribution in [0.5, 0.6) is 5.75 Å². The number of nitrogens with zero attached hydrogens (tertiary/aromatic N) is 2. The molecule has 1 N–H and O–H groups in total. The second-order valence-corrected chi connectivity index (χ2v) is 5.41. The molecule has 1 aliphatic heterocycles. The Hall–Kier alpha value is -2.11. The monoisotopic (exact) mass is 278 g/mol. The average molecular weight is 278 g/mol. The summed E-state index contributed by atoms with van der Waals surface area (Å²) < 4.78 is 0. The quantitative estimate of drug-likeness (QED) is 0.665. The molecule has 1 fully saturated rings. The van der Waals surface area contributed by atoms with Crippen molar-refractivity contribution in [3.8, 4) is 5.75 Å². The first-order valence-corrected chi connectivity index (χ1v) is 6.69. The molecule has 108 valence electrons. The van der Waals surface area contributed by atoms with Crippen molar-refractivity contribution in [2.24, 2.45) is 5.92 Å². The Balaban J connectivity index is 2.30. The van der Waals surface area contributed by atoms with Gasteiger partial charge in [-0.25, -0.2) is 0 Å². The molecular formula is C14H18N2O4. The molecule has 0 bridgehead atoms. The molecule has 0 spiro atoms. The number of rotatable bonds is 2. The molecule has 0 radical (unpaired) electrons. The van der Waals surface area contributed by atoms with Gasteiger partial charge in [-0.1, -0.05) is 13.0 Å². The Kier molecular flexibility index (Phi) is 3.92. The Morgan fingerprint density at radius 3 is 2.75 bits per heavy atom. The third-order valence-electron chi connectivity index (χ3n) is 3.84. The van der Waals surface area contributed by atoms with E-state index in [1.54, 1.807) is 4.90 Å². The normalized spacial score (nSPS) is 22.6. The summed E-state index contributed by atoms with van der Waals surface area (Å²) in [6, 6.07) is 4.11. The lowest BCUT2D eigenvalue weighted by atomic mass is 9.93. The van der Waals surface area contributed by atoms with Gasteiger partial charge in [0.05, 0.1) is 10.5 Å². The van der Waals surface area contributed by atoms with Gasteiger partial charge in [0.1, 0.15) is 0 Å². The van der Waals surface area contributed by atoms with E-state index >= 15 is 0 Å². The van der Waals surface area contributed by atoms with Crippen molar-refractivity contribution < 1.29 is 14.8 Å². The van der Waals surface area contributed by atoms with Crippen LogP contribution < -0.4 is 0 Å². The molecule has 1 aromatic carbocycles. The molecule has 1 saturated heterocycles. The first-order valence-electron chi connectivity index (χ1n) is 6.69. The van der Waals surface area contributed by atoms with Crippen LogP contribution in [-0.2, 0) is 0 Å². The van der Waals surface area contributed by atoms with E-state index in [0.29, 0.717) is 12.5 Å². The molecule has 1 amide bonds. The maximum atomic E-state index is 12.5. The lowest BCUT2D eigenvalue weighted by Crippen LogP contribution is -2.44. The van der Waals surface area contributed by atoms with Crippen LogP contribution in [-0.4, -0.2) is 33.4 Å². The van der Waals surface area contributed by atoms with Gasteiger partial charge < -0.3 is 10.0 Å². The van der Waals surface area contributed by atoms with Crippen molar-refractivity contribution in [2.75, 3.05) is 6.54 Å². The second kappa shape index (κ2) is 5.48. The van der Waals surface area contributed by atoms with Crippen LogP contribution in [0, 0.1) is 16.0 Å². The summed E-state index contributed by atoms with van der Waals surface area (Å²) in [5.74, 6) is -0.327. The molecule has 6 heteroatoms. The van der Waals surface area contributed by atoms with Gasteiger partial charge in [-0.05, 0) is 31.7 Å². The van der Waals surface area contributed by atoms with E-state index in [9.17, 15) is 20.0 Å². The number of phenolic OH excluding ortho intramolecular Hbond substituents is 1. The van der Waals surface area contributed by atoms with E-state index in [0.717, 1.165) is 12.8 Å². The van der Waals surface area contributed by atoms with Gasteiger partial charge >= 0.3 is 5.69 Å². The minimum atomic E-state index is -0.687. The fraction of sp³-hybridized carbons (Fsp3) is 0.500. The number of likely N-dealkylation sites (tertiary alicyclic amines) is 1. The largest absolute Gasteiger partial charge is 0.502 e. The molecule has 6 nitrogen and oxygen atoms in total. The van der Waals surface area contributed by atoms with Gasteiger partial charge in [0, 0.05) is 18.7 Å². The molecular weight excluding hydrogens is 260 g/mol. The van der Waals surface area contributed by atoms with Gasteiger partial charge in [-0.15, -0.1) is 0 Å². The van der Waals surface area contributed by atoms with Crippen molar-refractivity contribution in [1.29, 1.82) is 0 Å². The predicted octanol–water partition coefficient (Wildman–Crippen LogP) is 2.56. The van der Waals surface area contributed by atoms with Crippen LogP contribution in [0.4, 0.5) is 5.69 Å². The second-order valence-electron chi connectivity index (χ2n) is 5.41. The van der Waals surface area contributed by atoms with E-state index in [1.165, 1.54) is 18.2 Å². The first-order chi connectivity index (χ1) is 9.41. The van der Waals surface area contributed by atoms with E-state index in [-0.39, 0.29) is 17.5 Å². The van der Waals surface area contributed by atoms with Crippen molar-refractivity contribution >= 4 is 11.6 Å². The van der Waals surface area contributed by atoms with Gasteiger partial charge in [-0.2, -0.15) is 0 Å². The molecule has 0 aliphatic carbocycles. The van der Waals surface area contributed by atoms with Crippen LogP contribution in [0.1, 0.15) is 37.0 Å². The molecule has 1 aromatic rings. The minimum Gasteiger partial charge on any atom is -0.502 e. The standard InChI is InChI=1S/C14H18N2O4/c1-9-6-7-15(10(2)8-9)14(18)11-4-3-5-12(13(11)17)16(19)20/h3-5,9-10,17H,6-8H2,1-2H3. The molecule has 20 heavy (non-hydrogen) atoms. The number of para-hydroxylation sites is 1. The number of nitro benzene ring substituents is 1. The minimum absolute atomic E-state index is 0.000558. The Labute approximate surface area is 117 Å². The summed E-state index contributed by atoms with van der Waals surface area (Å²) in [5.41, 5.74) is -0.436. The molecule has 1 heterocycles. The maximum absolute atomic E-state index is 12.5. The van der Waals surface area contributed by atoms with E-state index < -0.39 is 16.4 Å². The number of piperidine rings is 1. The summed E-state index contributed by atoms with van der Waals surface area (Å²) in [6.07, 6.45) is 1.81. The number of carbonyl (C=O) groups is 1. The van der Waals surface area contributed by atoms with Crippen molar-refractivity contribution in [3.63, 3.8) is 0 Å². The number of aromatic hydroxyl groups is 1. The third-order valence-corrected chi connectivity index (χ3v) is 3.84. The van der Waals surface area contributed by atoms with Crippen LogP contribution >= 0.6 is 0 Å². The number of hydrogen-bond donors (Lipinski definition) is 1. The highest BCUT2D eigenvalue weighted by Gasteiger charge is 2.30. The summed E-state index contributed by atoms with van der Waals surface area (Å²) in [4.78, 5) is 24.2. The molecule has 2 atom stereocenters. The lowest BCUT2D eigenvalue weighted by molar-refractivity contribution is -0.385.